The minimum absolute atomic E-state index is 0.200. The topological polar surface area (TPSA) is 88.2 Å². The standard InChI is InChI=1S/C17H26N2O3SSi.C17H26N2OSSi.2C2H6/c1-24(2,3)11-9-22-13-19-8-7-14-12-15-6-4-5-10-23(20,21)17(15)18-16(14)19;1-22(2,3)11-9-20-13-19-8-7-14-12-15-6-4-5-10-21-17(15)18-16(14)19;2*1-2/h7-8,12H,4-6,9-11,13H2,1-3H3;7-8,12H,4-6,9-11,13H2,1-3H3;2*1-2H3. The number of aromatic nitrogens is 4. The highest BCUT2D eigenvalue weighted by atomic mass is 32.2. The fourth-order valence-electron chi connectivity index (χ4n) is 5.61. The monoisotopic (exact) mass is 760 g/mol. The quantitative estimate of drug-likeness (QED) is 0.117. The number of hydrogen-bond acceptors (Lipinski definition) is 7. The lowest BCUT2D eigenvalue weighted by Crippen LogP contribution is -2.22. The van der Waals surface area contributed by atoms with Crippen LogP contribution in [0.3, 0.4) is 0 Å². The first kappa shape index (κ1) is 42.4. The van der Waals surface area contributed by atoms with Crippen molar-refractivity contribution in [3.8, 4) is 0 Å². The summed E-state index contributed by atoms with van der Waals surface area (Å²) in [6.45, 7) is 24.7. The minimum atomic E-state index is -3.27. The zero-order valence-electron chi connectivity index (χ0n) is 32.6. The Morgan fingerprint density at radius 3 is 1.78 bits per heavy atom. The van der Waals surface area contributed by atoms with E-state index in [-0.39, 0.29) is 10.8 Å². The summed E-state index contributed by atoms with van der Waals surface area (Å²) in [5.41, 5.74) is 4.05. The predicted molar refractivity (Wildman–Crippen MR) is 219 cm³/mol. The molecule has 0 saturated carbocycles. The van der Waals surface area contributed by atoms with E-state index in [1.54, 1.807) is 0 Å². The second-order valence-electron chi connectivity index (χ2n) is 15.1. The molecule has 0 bridgehead atoms. The van der Waals surface area contributed by atoms with Gasteiger partial charge in [-0.05, 0) is 91.8 Å². The van der Waals surface area contributed by atoms with Gasteiger partial charge in [0.2, 0.25) is 0 Å². The van der Waals surface area contributed by atoms with Gasteiger partial charge in [-0.2, -0.15) is 0 Å². The van der Waals surface area contributed by atoms with Gasteiger partial charge in [0.15, 0.2) is 14.9 Å². The van der Waals surface area contributed by atoms with E-state index >= 15 is 0 Å². The molecule has 0 aliphatic carbocycles. The normalized spacial score (nSPS) is 15.6. The fourth-order valence-corrected chi connectivity index (χ4v) is 9.73. The largest absolute Gasteiger partial charge is 0.361 e. The first-order chi connectivity index (χ1) is 23.8. The summed E-state index contributed by atoms with van der Waals surface area (Å²) in [6, 6.07) is 10.8. The maximum Gasteiger partial charge on any atom is 0.195 e. The molecule has 0 atom stereocenters. The highest BCUT2D eigenvalue weighted by Gasteiger charge is 2.25. The molecule has 8 nitrogen and oxygen atoms in total. The average molecular weight is 761 g/mol. The SMILES string of the molecule is CC.CC.C[Si](C)(C)CCOCn1ccc2cc3c(nc21)S(=O)(=O)CCCC3.C[Si](C)(C)CCOCn1ccc2cc3c(nc21)SCCCC3. The van der Waals surface area contributed by atoms with Crippen LogP contribution in [0.1, 0.15) is 64.5 Å². The summed E-state index contributed by atoms with van der Waals surface area (Å²) in [7, 11) is -5.39. The Bertz CT molecular complexity index is 1740. The van der Waals surface area contributed by atoms with E-state index < -0.39 is 26.0 Å². The van der Waals surface area contributed by atoms with Gasteiger partial charge in [-0.1, -0.05) is 67.0 Å². The molecule has 0 spiro atoms. The summed E-state index contributed by atoms with van der Waals surface area (Å²) in [4.78, 5) is 9.44. The molecule has 0 fully saturated rings. The lowest BCUT2D eigenvalue weighted by atomic mass is 10.1. The van der Waals surface area contributed by atoms with Crippen LogP contribution in [0.15, 0.2) is 46.7 Å². The van der Waals surface area contributed by atoms with Gasteiger partial charge >= 0.3 is 0 Å². The van der Waals surface area contributed by atoms with Gasteiger partial charge in [0.25, 0.3) is 0 Å². The summed E-state index contributed by atoms with van der Waals surface area (Å²) < 4.78 is 40.6. The van der Waals surface area contributed by atoms with Crippen LogP contribution in [0.25, 0.3) is 22.1 Å². The fraction of sp³-hybridized carbons (Fsp3) is 0.632. The highest BCUT2D eigenvalue weighted by Crippen LogP contribution is 2.31. The maximum absolute atomic E-state index is 12.4. The lowest BCUT2D eigenvalue weighted by Gasteiger charge is -2.15. The van der Waals surface area contributed by atoms with Crippen molar-refractivity contribution in [1.29, 1.82) is 0 Å². The van der Waals surface area contributed by atoms with Crippen molar-refractivity contribution in [2.75, 3.05) is 24.7 Å². The second kappa shape index (κ2) is 19.8. The molecule has 0 radical (unpaired) electrons. The first-order valence-corrected chi connectivity index (χ1v) is 28.8. The van der Waals surface area contributed by atoms with Gasteiger partial charge in [-0.15, -0.1) is 11.8 Å². The van der Waals surface area contributed by atoms with E-state index in [0.29, 0.717) is 25.5 Å². The number of aryl methyl sites for hydroxylation is 2. The lowest BCUT2D eigenvalue weighted by molar-refractivity contribution is 0.0897. The number of ether oxygens (including phenoxy) is 2. The van der Waals surface area contributed by atoms with E-state index in [2.05, 4.69) is 67.2 Å². The second-order valence-corrected chi connectivity index (χ2v) is 29.4. The Morgan fingerprint density at radius 2 is 1.22 bits per heavy atom. The smallest absolute Gasteiger partial charge is 0.195 e. The van der Waals surface area contributed by atoms with E-state index in [4.69, 9.17) is 14.5 Å². The number of rotatable bonds is 10. The number of fused-ring (bicyclic) bond motifs is 4. The maximum atomic E-state index is 12.4. The van der Waals surface area contributed by atoms with Crippen molar-refractivity contribution < 1.29 is 17.9 Å². The molecule has 0 amide bonds. The molecule has 4 aromatic rings. The van der Waals surface area contributed by atoms with Crippen LogP contribution in [0.2, 0.25) is 51.4 Å². The minimum Gasteiger partial charge on any atom is -0.361 e. The Morgan fingerprint density at radius 1 is 0.720 bits per heavy atom. The van der Waals surface area contributed by atoms with Crippen molar-refractivity contribution >= 4 is 59.8 Å². The third-order valence-corrected chi connectivity index (χ3v) is 14.8. The molecular formula is C38H64N4O4S2Si2. The van der Waals surface area contributed by atoms with E-state index in [1.165, 1.54) is 47.0 Å². The molecular weight excluding hydrogens is 697 g/mol. The van der Waals surface area contributed by atoms with Crippen molar-refractivity contribution in [3.05, 3.63) is 47.8 Å². The summed E-state index contributed by atoms with van der Waals surface area (Å²) in [5.74, 6) is 1.39. The van der Waals surface area contributed by atoms with Crippen LogP contribution < -0.4 is 0 Å². The molecule has 0 unspecified atom stereocenters. The van der Waals surface area contributed by atoms with Crippen LogP contribution in [0.5, 0.6) is 0 Å². The summed E-state index contributed by atoms with van der Waals surface area (Å²) in [5, 5.41) is 3.73. The molecule has 0 N–H and O–H groups in total. The summed E-state index contributed by atoms with van der Waals surface area (Å²) in [6.07, 6.45) is 10.2. The summed E-state index contributed by atoms with van der Waals surface area (Å²) >= 11 is 1.91. The Hall–Kier alpha value is -1.97. The van der Waals surface area contributed by atoms with Crippen molar-refractivity contribution in [1.82, 2.24) is 19.1 Å². The number of pyridine rings is 2. The molecule has 2 aliphatic rings. The Balaban J connectivity index is 0.000000247. The number of hydrogen-bond donors (Lipinski definition) is 0. The molecule has 50 heavy (non-hydrogen) atoms. The van der Waals surface area contributed by atoms with Gasteiger partial charge in [0, 0.05) is 52.5 Å². The van der Waals surface area contributed by atoms with Crippen LogP contribution in [-0.4, -0.2) is 68.4 Å². The molecule has 6 rings (SSSR count). The molecule has 280 valence electrons. The van der Waals surface area contributed by atoms with Gasteiger partial charge in [0.05, 0.1) is 5.75 Å². The highest BCUT2D eigenvalue weighted by molar-refractivity contribution is 7.99. The molecule has 2 aliphatic heterocycles. The van der Waals surface area contributed by atoms with Crippen molar-refractivity contribution in [2.45, 2.75) is 141 Å². The Kier molecular flexibility index (Phi) is 16.8. The van der Waals surface area contributed by atoms with Crippen molar-refractivity contribution in [2.24, 2.45) is 0 Å². The zero-order chi connectivity index (χ0) is 37.0. The van der Waals surface area contributed by atoms with Crippen molar-refractivity contribution in [3.63, 3.8) is 0 Å². The average Bonchev–Trinajstić information content (AvgIpc) is 3.52. The number of sulfone groups is 1. The number of thioether (sulfide) groups is 1. The van der Waals surface area contributed by atoms with Crippen LogP contribution in [0, 0.1) is 0 Å². The van der Waals surface area contributed by atoms with Gasteiger partial charge in [0.1, 0.15) is 29.8 Å². The molecule has 0 saturated heterocycles. The van der Waals surface area contributed by atoms with Gasteiger partial charge in [-0.25, -0.2) is 18.4 Å². The number of nitrogens with zero attached hydrogens (tertiary/aromatic N) is 4. The van der Waals surface area contributed by atoms with Crippen LogP contribution >= 0.6 is 11.8 Å². The van der Waals surface area contributed by atoms with Crippen LogP contribution in [0.4, 0.5) is 0 Å². The van der Waals surface area contributed by atoms with E-state index in [0.717, 1.165) is 48.7 Å². The zero-order valence-corrected chi connectivity index (χ0v) is 36.2. The third kappa shape index (κ3) is 12.6. The predicted octanol–water partition coefficient (Wildman–Crippen LogP) is 10.3. The van der Waals surface area contributed by atoms with Crippen LogP contribution in [-0.2, 0) is 45.6 Å². The van der Waals surface area contributed by atoms with E-state index in [1.807, 2.05) is 62.4 Å². The Labute approximate surface area is 309 Å². The molecule has 6 heterocycles. The van der Waals surface area contributed by atoms with E-state index in [9.17, 15) is 8.42 Å². The van der Waals surface area contributed by atoms with Gasteiger partial charge in [-0.3, -0.25) is 0 Å². The first-order valence-electron chi connectivity index (χ1n) is 18.8. The van der Waals surface area contributed by atoms with Gasteiger partial charge < -0.3 is 18.6 Å². The molecule has 0 aromatic carbocycles. The molecule has 4 aromatic heterocycles. The molecule has 12 heteroatoms. The third-order valence-electron chi connectivity index (χ3n) is 8.49.